The fourth-order valence-corrected chi connectivity index (χ4v) is 3.00. The normalized spacial score (nSPS) is 10.4. The zero-order valence-electron chi connectivity index (χ0n) is 17.3. The minimum Gasteiger partial charge on any atom is -0.438 e. The molecule has 0 saturated carbocycles. The summed E-state index contributed by atoms with van der Waals surface area (Å²) in [7, 11) is 1.74. The van der Waals surface area contributed by atoms with Gasteiger partial charge in [0.25, 0.3) is 0 Å². The van der Waals surface area contributed by atoms with Crippen molar-refractivity contribution in [2.24, 2.45) is 0 Å². The van der Waals surface area contributed by atoms with Gasteiger partial charge in [0.2, 0.25) is 11.8 Å². The molecule has 0 radical (unpaired) electrons. The molecule has 0 aliphatic carbocycles. The SMILES string of the molecule is CNc1nccc(-c2cccnc2Oc2ccc(NC(=O)Nc3ccc(Cl)c(F)c3)cc2)n1. The van der Waals surface area contributed by atoms with Gasteiger partial charge in [-0.25, -0.2) is 24.1 Å². The highest BCUT2D eigenvalue weighted by Crippen LogP contribution is 2.31. The number of pyridine rings is 1. The number of carbonyl (C=O) groups is 1. The van der Waals surface area contributed by atoms with E-state index in [0.29, 0.717) is 34.5 Å². The van der Waals surface area contributed by atoms with Crippen molar-refractivity contribution < 1.29 is 13.9 Å². The van der Waals surface area contributed by atoms with Crippen molar-refractivity contribution in [3.8, 4) is 22.9 Å². The van der Waals surface area contributed by atoms with Crippen LogP contribution in [0.2, 0.25) is 5.02 Å². The largest absolute Gasteiger partial charge is 0.438 e. The highest BCUT2D eigenvalue weighted by molar-refractivity contribution is 6.30. The van der Waals surface area contributed by atoms with Crippen LogP contribution in [0.4, 0.5) is 26.5 Å². The third-order valence-corrected chi connectivity index (χ3v) is 4.74. The summed E-state index contributed by atoms with van der Waals surface area (Å²) in [5.41, 5.74) is 2.16. The van der Waals surface area contributed by atoms with Crippen LogP contribution in [0.3, 0.4) is 0 Å². The van der Waals surface area contributed by atoms with Crippen molar-refractivity contribution in [2.45, 2.75) is 0 Å². The van der Waals surface area contributed by atoms with Gasteiger partial charge in [-0.1, -0.05) is 11.6 Å². The van der Waals surface area contributed by atoms with E-state index in [2.05, 4.69) is 30.9 Å². The molecule has 0 aliphatic heterocycles. The van der Waals surface area contributed by atoms with Gasteiger partial charge in [0.15, 0.2) is 0 Å². The molecule has 0 unspecified atom stereocenters. The molecule has 0 atom stereocenters. The summed E-state index contributed by atoms with van der Waals surface area (Å²) in [4.78, 5) is 25.0. The standard InChI is InChI=1S/C23H18ClFN6O2/c1-26-22-28-12-10-20(31-22)17-3-2-11-27-21(17)33-16-7-4-14(5-8-16)29-23(32)30-15-6-9-18(24)19(25)13-15/h2-13H,1H3,(H,26,28,31)(H2,29,30,32). The Kier molecular flexibility index (Phi) is 6.61. The van der Waals surface area contributed by atoms with Crippen molar-refractivity contribution in [3.63, 3.8) is 0 Å². The summed E-state index contributed by atoms with van der Waals surface area (Å²) in [6.45, 7) is 0. The number of amides is 2. The van der Waals surface area contributed by atoms with Crippen molar-refractivity contribution in [1.29, 1.82) is 0 Å². The van der Waals surface area contributed by atoms with Crippen LogP contribution in [0, 0.1) is 5.82 Å². The van der Waals surface area contributed by atoms with Gasteiger partial charge < -0.3 is 20.7 Å². The molecule has 0 aliphatic rings. The summed E-state index contributed by atoms with van der Waals surface area (Å²) in [5, 5.41) is 8.09. The molecule has 2 amide bonds. The summed E-state index contributed by atoms with van der Waals surface area (Å²) >= 11 is 5.65. The molecule has 10 heteroatoms. The third-order valence-electron chi connectivity index (χ3n) is 4.43. The van der Waals surface area contributed by atoms with Crippen LogP contribution in [-0.4, -0.2) is 28.0 Å². The second kappa shape index (κ2) is 9.92. The zero-order chi connectivity index (χ0) is 23.2. The molecule has 8 nitrogen and oxygen atoms in total. The smallest absolute Gasteiger partial charge is 0.323 e. The van der Waals surface area contributed by atoms with Gasteiger partial charge in [-0.05, 0) is 60.7 Å². The molecule has 0 saturated heterocycles. The monoisotopic (exact) mass is 464 g/mol. The number of rotatable bonds is 6. The van der Waals surface area contributed by atoms with E-state index in [4.69, 9.17) is 16.3 Å². The lowest BCUT2D eigenvalue weighted by atomic mass is 10.2. The Hall–Kier alpha value is -4.24. The van der Waals surface area contributed by atoms with E-state index < -0.39 is 11.8 Å². The third kappa shape index (κ3) is 5.52. The molecular formula is C23H18ClFN6O2. The number of nitrogens with zero attached hydrogens (tertiary/aromatic N) is 3. The van der Waals surface area contributed by atoms with Crippen molar-refractivity contribution in [2.75, 3.05) is 23.0 Å². The first-order valence-corrected chi connectivity index (χ1v) is 10.2. The molecule has 0 fully saturated rings. The van der Waals surface area contributed by atoms with Crippen LogP contribution < -0.4 is 20.7 Å². The maximum absolute atomic E-state index is 13.5. The number of halogens is 2. The molecule has 0 spiro atoms. The average Bonchev–Trinajstić information content (AvgIpc) is 2.83. The Balaban J connectivity index is 1.44. The molecule has 2 heterocycles. The summed E-state index contributed by atoms with van der Waals surface area (Å²) < 4.78 is 19.5. The number of benzene rings is 2. The average molecular weight is 465 g/mol. The van der Waals surface area contributed by atoms with Gasteiger partial charge in [-0.2, -0.15) is 0 Å². The first-order chi connectivity index (χ1) is 16.0. The Morgan fingerprint density at radius 2 is 1.73 bits per heavy atom. The number of hydrogen-bond acceptors (Lipinski definition) is 6. The molecule has 33 heavy (non-hydrogen) atoms. The van der Waals surface area contributed by atoms with E-state index in [0.717, 1.165) is 6.07 Å². The molecule has 4 aromatic rings. The molecular weight excluding hydrogens is 447 g/mol. The Bertz CT molecular complexity index is 1290. The van der Waals surface area contributed by atoms with Crippen LogP contribution in [0.25, 0.3) is 11.3 Å². The molecule has 4 rings (SSSR count). The highest BCUT2D eigenvalue weighted by Gasteiger charge is 2.11. The Morgan fingerprint density at radius 3 is 2.48 bits per heavy atom. The molecule has 0 bridgehead atoms. The lowest BCUT2D eigenvalue weighted by molar-refractivity contribution is 0.262. The minimum atomic E-state index is -0.617. The van der Waals surface area contributed by atoms with Crippen molar-refractivity contribution >= 4 is 35.0 Å². The second-order valence-corrected chi connectivity index (χ2v) is 7.11. The highest BCUT2D eigenvalue weighted by atomic mass is 35.5. The maximum Gasteiger partial charge on any atom is 0.323 e. The van der Waals surface area contributed by atoms with E-state index in [9.17, 15) is 9.18 Å². The van der Waals surface area contributed by atoms with Gasteiger partial charge in [0, 0.05) is 30.8 Å². The van der Waals surface area contributed by atoms with Gasteiger partial charge in [0.1, 0.15) is 11.6 Å². The lowest BCUT2D eigenvalue weighted by Gasteiger charge is -2.11. The molecule has 2 aromatic carbocycles. The van der Waals surface area contributed by atoms with E-state index in [-0.39, 0.29) is 10.7 Å². The Morgan fingerprint density at radius 1 is 0.970 bits per heavy atom. The van der Waals surface area contributed by atoms with Gasteiger partial charge >= 0.3 is 6.03 Å². The molecule has 2 aromatic heterocycles. The number of carbonyl (C=O) groups excluding carboxylic acids is 1. The number of aromatic nitrogens is 3. The van der Waals surface area contributed by atoms with Crippen LogP contribution in [-0.2, 0) is 0 Å². The van der Waals surface area contributed by atoms with Crippen molar-refractivity contribution in [3.05, 3.63) is 83.9 Å². The summed E-state index contributed by atoms with van der Waals surface area (Å²) in [5.74, 6) is 0.761. The predicted molar refractivity (Wildman–Crippen MR) is 125 cm³/mol. The fraction of sp³-hybridized carbons (Fsp3) is 0.0435. The molecule has 166 valence electrons. The van der Waals surface area contributed by atoms with Crippen LogP contribution in [0.5, 0.6) is 11.6 Å². The zero-order valence-corrected chi connectivity index (χ0v) is 18.1. The van der Waals surface area contributed by atoms with Gasteiger partial charge in [-0.15, -0.1) is 0 Å². The van der Waals surface area contributed by atoms with Crippen LogP contribution in [0.15, 0.2) is 73.1 Å². The number of ether oxygens (including phenoxy) is 1. The van der Waals surface area contributed by atoms with Crippen LogP contribution in [0.1, 0.15) is 0 Å². The predicted octanol–water partition coefficient (Wildman–Crippen LogP) is 5.81. The number of nitrogens with one attached hydrogen (secondary N) is 3. The first kappa shape index (κ1) is 22.0. The van der Waals surface area contributed by atoms with Crippen LogP contribution >= 0.6 is 11.6 Å². The van der Waals surface area contributed by atoms with E-state index in [1.54, 1.807) is 55.8 Å². The maximum atomic E-state index is 13.5. The lowest BCUT2D eigenvalue weighted by Crippen LogP contribution is -2.19. The first-order valence-electron chi connectivity index (χ1n) is 9.79. The Labute approximate surface area is 193 Å². The summed E-state index contributed by atoms with van der Waals surface area (Å²) in [6.07, 6.45) is 3.27. The fourth-order valence-electron chi connectivity index (χ4n) is 2.88. The number of anilines is 3. The summed E-state index contributed by atoms with van der Waals surface area (Å²) in [6, 6.07) is 15.6. The molecule has 3 N–H and O–H groups in total. The number of hydrogen-bond donors (Lipinski definition) is 3. The van der Waals surface area contributed by atoms with Gasteiger partial charge in [0.05, 0.1) is 16.3 Å². The van der Waals surface area contributed by atoms with Gasteiger partial charge in [-0.3, -0.25) is 0 Å². The minimum absolute atomic E-state index is 0.0187. The number of urea groups is 1. The van der Waals surface area contributed by atoms with E-state index >= 15 is 0 Å². The second-order valence-electron chi connectivity index (χ2n) is 6.71. The van der Waals surface area contributed by atoms with E-state index in [1.165, 1.54) is 12.1 Å². The van der Waals surface area contributed by atoms with E-state index in [1.807, 2.05) is 6.07 Å². The topological polar surface area (TPSA) is 101 Å². The quantitative estimate of drug-likeness (QED) is 0.333. The van der Waals surface area contributed by atoms with Crippen molar-refractivity contribution in [1.82, 2.24) is 15.0 Å².